The number of esters is 2. The molecule has 0 amide bonds. The van der Waals surface area contributed by atoms with E-state index >= 15 is 0 Å². The fourth-order valence-corrected chi connectivity index (χ4v) is 5.87. The van der Waals surface area contributed by atoms with Crippen molar-refractivity contribution in [1.82, 2.24) is 0 Å². The Hall–Kier alpha value is -3.15. The van der Waals surface area contributed by atoms with Crippen molar-refractivity contribution in [2.75, 3.05) is 26.4 Å². The Morgan fingerprint density at radius 3 is 1.69 bits per heavy atom. The zero-order valence-corrected chi connectivity index (χ0v) is 36.2. The zero-order chi connectivity index (χ0) is 42.8. The van der Waals surface area contributed by atoms with E-state index in [0.29, 0.717) is 19.3 Å². The van der Waals surface area contributed by atoms with Crippen LogP contribution in [0.2, 0.25) is 0 Å². The van der Waals surface area contributed by atoms with Crippen molar-refractivity contribution < 1.29 is 52.9 Å². The van der Waals surface area contributed by atoms with Gasteiger partial charge in [0, 0.05) is 12.8 Å². The SMILES string of the molecule is CC/C=C\C/C=C\C/C=C\C/C=C\C/C=C\CCCCCC(=O)O[C@H](COC(=O)CCCCCCCC(O)/C=C/C=C/C/C=C/CC)COP(=O)(O)OC[C@@H](O)CO. The monoisotopic (exact) mass is 835 g/mol. The maximum Gasteiger partial charge on any atom is 0.472 e. The molecule has 330 valence electrons. The van der Waals surface area contributed by atoms with Gasteiger partial charge in [-0.15, -0.1) is 0 Å². The molecule has 0 aliphatic heterocycles. The Morgan fingerprint density at radius 1 is 0.586 bits per heavy atom. The molecule has 0 aromatic rings. The third kappa shape index (κ3) is 39.7. The highest BCUT2D eigenvalue weighted by Gasteiger charge is 2.27. The number of phosphoric acid groups is 1. The van der Waals surface area contributed by atoms with Crippen molar-refractivity contribution in [1.29, 1.82) is 0 Å². The number of ether oxygens (including phenoxy) is 2. The van der Waals surface area contributed by atoms with E-state index in [0.717, 1.165) is 89.9 Å². The Labute approximate surface area is 349 Å². The molecule has 0 saturated heterocycles. The summed E-state index contributed by atoms with van der Waals surface area (Å²) in [6.45, 7) is 1.96. The molecule has 58 heavy (non-hydrogen) atoms. The van der Waals surface area contributed by atoms with Crippen molar-refractivity contribution in [3.63, 3.8) is 0 Å². The highest BCUT2D eigenvalue weighted by Crippen LogP contribution is 2.43. The smallest absolute Gasteiger partial charge is 0.462 e. The van der Waals surface area contributed by atoms with E-state index < -0.39 is 57.9 Å². The van der Waals surface area contributed by atoms with Crippen LogP contribution in [-0.4, -0.2) is 76.9 Å². The van der Waals surface area contributed by atoms with Gasteiger partial charge in [0.2, 0.25) is 0 Å². The first kappa shape index (κ1) is 54.9. The van der Waals surface area contributed by atoms with Crippen molar-refractivity contribution in [3.8, 4) is 0 Å². The Kier molecular flexibility index (Phi) is 38.4. The number of allylic oxidation sites excluding steroid dienone is 15. The quantitative estimate of drug-likeness (QED) is 0.0154. The lowest BCUT2D eigenvalue weighted by atomic mass is 10.1. The second kappa shape index (κ2) is 40.6. The largest absolute Gasteiger partial charge is 0.472 e. The molecule has 0 heterocycles. The van der Waals surface area contributed by atoms with Crippen LogP contribution in [0.1, 0.15) is 136 Å². The normalized spacial score (nSPS) is 15.3. The summed E-state index contributed by atoms with van der Waals surface area (Å²) in [5.41, 5.74) is 0. The van der Waals surface area contributed by atoms with Crippen LogP contribution < -0.4 is 0 Å². The molecule has 0 aromatic carbocycles. The number of aliphatic hydroxyl groups is 3. The molecule has 0 radical (unpaired) electrons. The molecule has 11 nitrogen and oxygen atoms in total. The maximum absolute atomic E-state index is 12.6. The highest BCUT2D eigenvalue weighted by atomic mass is 31.2. The molecule has 0 bridgehead atoms. The highest BCUT2D eigenvalue weighted by molar-refractivity contribution is 7.47. The van der Waals surface area contributed by atoms with Crippen LogP contribution in [0.4, 0.5) is 0 Å². The maximum atomic E-state index is 12.6. The number of carbonyl (C=O) groups excluding carboxylic acids is 2. The summed E-state index contributed by atoms with van der Waals surface area (Å²) in [6.07, 6.45) is 45.3. The van der Waals surface area contributed by atoms with Crippen LogP contribution in [0.15, 0.2) is 97.2 Å². The Bertz CT molecular complexity index is 1300. The second-order valence-electron chi connectivity index (χ2n) is 13.8. The van der Waals surface area contributed by atoms with Crippen LogP contribution in [0.5, 0.6) is 0 Å². The standard InChI is InChI=1S/C46H75O11P/c1-3-5-7-9-11-12-13-14-15-16-17-18-19-20-21-22-24-28-33-37-46(51)57-44(41-56-58(52,53)55-39-43(49)38-47)40-54-45(50)36-32-29-25-27-31-35-42(48)34-30-26-23-10-8-6-4-2/h5-8,11-12,14-15,17-18,20-21,23,26,30,34,42-44,47-49H,3-4,9-10,13,16,19,22,24-25,27-29,31-33,35-41H2,1-2H3,(H,52,53)/b7-5-,8-6+,12-11-,15-14-,18-17-,21-20-,26-23+,34-30+/t42?,43-,44+/m0/s1. The molecule has 0 aliphatic rings. The predicted molar refractivity (Wildman–Crippen MR) is 234 cm³/mol. The van der Waals surface area contributed by atoms with Crippen LogP contribution in [0.3, 0.4) is 0 Å². The van der Waals surface area contributed by atoms with Gasteiger partial charge in [-0.25, -0.2) is 4.57 Å². The number of aliphatic hydroxyl groups excluding tert-OH is 3. The van der Waals surface area contributed by atoms with Gasteiger partial charge in [0.15, 0.2) is 6.10 Å². The van der Waals surface area contributed by atoms with E-state index in [1.54, 1.807) is 6.08 Å². The lowest BCUT2D eigenvalue weighted by Crippen LogP contribution is -2.29. The molecular weight excluding hydrogens is 759 g/mol. The Morgan fingerprint density at radius 2 is 1.09 bits per heavy atom. The van der Waals surface area contributed by atoms with E-state index in [4.69, 9.17) is 19.1 Å². The second-order valence-corrected chi connectivity index (χ2v) is 15.3. The number of hydrogen-bond acceptors (Lipinski definition) is 10. The minimum Gasteiger partial charge on any atom is -0.462 e. The lowest BCUT2D eigenvalue weighted by molar-refractivity contribution is -0.161. The van der Waals surface area contributed by atoms with E-state index in [2.05, 4.69) is 91.3 Å². The zero-order valence-electron chi connectivity index (χ0n) is 35.3. The molecule has 4 atom stereocenters. The minimum absolute atomic E-state index is 0.118. The van der Waals surface area contributed by atoms with Crippen LogP contribution >= 0.6 is 7.82 Å². The molecule has 2 unspecified atom stereocenters. The third-order valence-corrected chi connectivity index (χ3v) is 9.29. The minimum atomic E-state index is -4.66. The van der Waals surface area contributed by atoms with Gasteiger partial charge >= 0.3 is 19.8 Å². The molecule has 0 spiro atoms. The number of rotatable bonds is 38. The lowest BCUT2D eigenvalue weighted by Gasteiger charge is -2.20. The topological polar surface area (TPSA) is 169 Å². The van der Waals surface area contributed by atoms with Crippen LogP contribution in [-0.2, 0) is 32.7 Å². The van der Waals surface area contributed by atoms with Crippen molar-refractivity contribution in [2.45, 2.75) is 154 Å². The molecule has 0 rings (SSSR count). The van der Waals surface area contributed by atoms with Crippen molar-refractivity contribution >= 4 is 19.8 Å². The van der Waals surface area contributed by atoms with Gasteiger partial charge in [0.1, 0.15) is 12.7 Å². The van der Waals surface area contributed by atoms with E-state index in [1.807, 2.05) is 18.2 Å². The van der Waals surface area contributed by atoms with Gasteiger partial charge in [-0.05, 0) is 77.0 Å². The molecule has 0 saturated carbocycles. The van der Waals surface area contributed by atoms with Gasteiger partial charge < -0.3 is 29.7 Å². The summed E-state index contributed by atoms with van der Waals surface area (Å²) in [6, 6.07) is 0. The summed E-state index contributed by atoms with van der Waals surface area (Å²) in [5, 5.41) is 28.4. The van der Waals surface area contributed by atoms with Gasteiger partial charge in [0.25, 0.3) is 0 Å². The molecule has 4 N–H and O–H groups in total. The first-order valence-electron chi connectivity index (χ1n) is 21.3. The van der Waals surface area contributed by atoms with Gasteiger partial charge in [-0.3, -0.25) is 18.6 Å². The number of unbranched alkanes of at least 4 members (excludes halogenated alkanes) is 7. The summed E-state index contributed by atoms with van der Waals surface area (Å²) in [4.78, 5) is 35.0. The number of hydrogen-bond donors (Lipinski definition) is 4. The summed E-state index contributed by atoms with van der Waals surface area (Å²) >= 11 is 0. The van der Waals surface area contributed by atoms with Crippen molar-refractivity contribution in [3.05, 3.63) is 97.2 Å². The molecule has 0 fully saturated rings. The van der Waals surface area contributed by atoms with E-state index in [9.17, 15) is 29.3 Å². The number of phosphoric ester groups is 1. The summed E-state index contributed by atoms with van der Waals surface area (Å²) in [7, 11) is -4.66. The summed E-state index contributed by atoms with van der Waals surface area (Å²) in [5.74, 6) is -1.05. The van der Waals surface area contributed by atoms with Gasteiger partial charge in [-0.2, -0.15) is 0 Å². The van der Waals surface area contributed by atoms with E-state index in [-0.39, 0.29) is 19.4 Å². The summed E-state index contributed by atoms with van der Waals surface area (Å²) < 4.78 is 32.6. The average Bonchev–Trinajstić information content (AvgIpc) is 3.21. The Balaban J connectivity index is 4.48. The fraction of sp³-hybridized carbons (Fsp3) is 0.609. The number of carbonyl (C=O) groups is 2. The average molecular weight is 835 g/mol. The van der Waals surface area contributed by atoms with Crippen molar-refractivity contribution in [2.24, 2.45) is 0 Å². The van der Waals surface area contributed by atoms with Gasteiger partial charge in [-0.1, -0.05) is 143 Å². The first-order valence-corrected chi connectivity index (χ1v) is 22.8. The molecule has 12 heteroatoms. The fourth-order valence-electron chi connectivity index (χ4n) is 5.08. The van der Waals surface area contributed by atoms with E-state index in [1.165, 1.54) is 0 Å². The van der Waals surface area contributed by atoms with Crippen LogP contribution in [0.25, 0.3) is 0 Å². The van der Waals surface area contributed by atoms with Crippen LogP contribution in [0, 0.1) is 0 Å². The predicted octanol–water partition coefficient (Wildman–Crippen LogP) is 10.2. The molecular formula is C46H75O11P. The molecule has 0 aliphatic carbocycles. The third-order valence-electron chi connectivity index (χ3n) is 8.34. The first-order chi connectivity index (χ1) is 28.1. The molecule has 0 aromatic heterocycles. The van der Waals surface area contributed by atoms with Gasteiger partial charge in [0.05, 0.1) is 25.9 Å².